The van der Waals surface area contributed by atoms with Crippen LogP contribution >= 0.6 is 11.8 Å². The predicted molar refractivity (Wildman–Crippen MR) is 79.1 cm³/mol. The molecule has 1 saturated heterocycles. The van der Waals surface area contributed by atoms with Crippen molar-refractivity contribution in [2.45, 2.75) is 31.5 Å². The van der Waals surface area contributed by atoms with Gasteiger partial charge in [-0.15, -0.1) is 0 Å². The number of rotatable bonds is 4. The number of benzene rings is 1. The van der Waals surface area contributed by atoms with E-state index in [1.165, 1.54) is 18.4 Å². The summed E-state index contributed by atoms with van der Waals surface area (Å²) in [6.07, 6.45) is 2.33. The Morgan fingerprint density at radius 2 is 2.11 bits per heavy atom. The molecule has 1 aromatic rings. The van der Waals surface area contributed by atoms with Crippen LogP contribution in [0.3, 0.4) is 0 Å². The molecule has 0 spiro atoms. The zero-order chi connectivity index (χ0) is 13.1. The standard InChI is InChI=1S/C15H20N2OS/c18-15(14-11-19-9-8-16-14)17(13-6-7-13)10-12-4-2-1-3-5-12/h1-5,13-14,16H,6-11H2. The lowest BCUT2D eigenvalue weighted by Crippen LogP contribution is -2.51. The monoisotopic (exact) mass is 276 g/mol. The van der Waals surface area contributed by atoms with Crippen molar-refractivity contribution in [2.24, 2.45) is 0 Å². The molecule has 0 aromatic heterocycles. The van der Waals surface area contributed by atoms with Gasteiger partial charge in [0.1, 0.15) is 0 Å². The van der Waals surface area contributed by atoms with Crippen LogP contribution in [0.4, 0.5) is 0 Å². The molecule has 3 rings (SSSR count). The molecule has 1 N–H and O–H groups in total. The average molecular weight is 276 g/mol. The van der Waals surface area contributed by atoms with Crippen LogP contribution in [-0.2, 0) is 11.3 Å². The van der Waals surface area contributed by atoms with Crippen LogP contribution in [0, 0.1) is 0 Å². The minimum atomic E-state index is 0.0167. The van der Waals surface area contributed by atoms with E-state index in [9.17, 15) is 4.79 Å². The number of hydrogen-bond donors (Lipinski definition) is 1. The van der Waals surface area contributed by atoms with Gasteiger partial charge in [0.25, 0.3) is 0 Å². The molecule has 1 unspecified atom stereocenters. The van der Waals surface area contributed by atoms with E-state index in [4.69, 9.17) is 0 Å². The number of hydrogen-bond acceptors (Lipinski definition) is 3. The summed E-state index contributed by atoms with van der Waals surface area (Å²) in [4.78, 5) is 14.7. The highest BCUT2D eigenvalue weighted by Crippen LogP contribution is 2.29. The van der Waals surface area contributed by atoms with Crippen LogP contribution in [0.25, 0.3) is 0 Å². The Labute approximate surface area is 118 Å². The minimum Gasteiger partial charge on any atom is -0.334 e. The number of thioether (sulfide) groups is 1. The first-order valence-corrected chi connectivity index (χ1v) is 8.15. The van der Waals surface area contributed by atoms with E-state index in [0.29, 0.717) is 11.9 Å². The summed E-state index contributed by atoms with van der Waals surface area (Å²) in [5.74, 6) is 2.32. The van der Waals surface area contributed by atoms with Gasteiger partial charge in [-0.05, 0) is 18.4 Å². The Hall–Kier alpha value is -1.00. The largest absolute Gasteiger partial charge is 0.334 e. The van der Waals surface area contributed by atoms with E-state index in [-0.39, 0.29) is 6.04 Å². The maximum atomic E-state index is 12.6. The van der Waals surface area contributed by atoms with Crippen molar-refractivity contribution in [3.05, 3.63) is 35.9 Å². The Morgan fingerprint density at radius 3 is 2.74 bits per heavy atom. The summed E-state index contributed by atoms with van der Waals surface area (Å²) >= 11 is 1.88. The van der Waals surface area contributed by atoms with Gasteiger partial charge < -0.3 is 10.2 Å². The van der Waals surface area contributed by atoms with Crippen molar-refractivity contribution < 1.29 is 4.79 Å². The van der Waals surface area contributed by atoms with Crippen molar-refractivity contribution in [3.63, 3.8) is 0 Å². The second kappa shape index (κ2) is 5.97. The summed E-state index contributed by atoms with van der Waals surface area (Å²) in [7, 11) is 0. The molecule has 1 heterocycles. The normalized spacial score (nSPS) is 23.1. The Kier molecular flexibility index (Phi) is 4.09. The van der Waals surface area contributed by atoms with Gasteiger partial charge in [0.2, 0.25) is 5.91 Å². The molecule has 1 aromatic carbocycles. The van der Waals surface area contributed by atoms with Crippen molar-refractivity contribution >= 4 is 17.7 Å². The molecule has 4 heteroatoms. The fourth-order valence-electron chi connectivity index (χ4n) is 2.48. The van der Waals surface area contributed by atoms with Gasteiger partial charge in [0.15, 0.2) is 0 Å². The lowest BCUT2D eigenvalue weighted by molar-refractivity contribution is -0.134. The smallest absolute Gasteiger partial charge is 0.241 e. The van der Waals surface area contributed by atoms with Crippen molar-refractivity contribution in [1.29, 1.82) is 0 Å². The van der Waals surface area contributed by atoms with Gasteiger partial charge in [-0.3, -0.25) is 4.79 Å². The van der Waals surface area contributed by atoms with E-state index in [2.05, 4.69) is 22.3 Å². The summed E-state index contributed by atoms with van der Waals surface area (Å²) in [6.45, 7) is 1.71. The highest BCUT2D eigenvalue weighted by Gasteiger charge is 2.36. The fraction of sp³-hybridized carbons (Fsp3) is 0.533. The quantitative estimate of drug-likeness (QED) is 0.911. The topological polar surface area (TPSA) is 32.3 Å². The third kappa shape index (κ3) is 3.31. The average Bonchev–Trinajstić information content (AvgIpc) is 3.31. The van der Waals surface area contributed by atoms with Gasteiger partial charge >= 0.3 is 0 Å². The SMILES string of the molecule is O=C(C1CSCCN1)N(Cc1ccccc1)C1CC1. The van der Waals surface area contributed by atoms with Gasteiger partial charge in [0.05, 0.1) is 6.04 Å². The molecule has 1 atom stereocenters. The summed E-state index contributed by atoms with van der Waals surface area (Å²) < 4.78 is 0. The van der Waals surface area contributed by atoms with Crippen molar-refractivity contribution in [2.75, 3.05) is 18.1 Å². The van der Waals surface area contributed by atoms with Crippen molar-refractivity contribution in [1.82, 2.24) is 10.2 Å². The lowest BCUT2D eigenvalue weighted by Gasteiger charge is -2.30. The summed E-state index contributed by atoms with van der Waals surface area (Å²) in [6, 6.07) is 10.8. The Bertz CT molecular complexity index is 427. The third-order valence-corrected chi connectivity index (χ3v) is 4.75. The van der Waals surface area contributed by atoms with Gasteiger partial charge in [-0.25, -0.2) is 0 Å². The molecule has 1 amide bonds. The van der Waals surface area contributed by atoms with E-state index in [1.807, 2.05) is 30.0 Å². The van der Waals surface area contributed by atoms with Crippen LogP contribution < -0.4 is 5.32 Å². The van der Waals surface area contributed by atoms with Crippen LogP contribution in [-0.4, -0.2) is 40.9 Å². The van der Waals surface area contributed by atoms with E-state index in [1.54, 1.807) is 0 Å². The van der Waals surface area contributed by atoms with Crippen LogP contribution in [0.1, 0.15) is 18.4 Å². The molecule has 1 aliphatic carbocycles. The molecule has 3 nitrogen and oxygen atoms in total. The Morgan fingerprint density at radius 1 is 1.32 bits per heavy atom. The highest BCUT2D eigenvalue weighted by molar-refractivity contribution is 7.99. The molecular formula is C15H20N2OS. The number of nitrogens with zero attached hydrogens (tertiary/aromatic N) is 1. The number of carbonyl (C=O) groups excluding carboxylic acids is 1. The first-order chi connectivity index (χ1) is 9.34. The summed E-state index contributed by atoms with van der Waals surface area (Å²) in [5, 5.41) is 3.36. The van der Waals surface area contributed by atoms with Gasteiger partial charge in [-0.2, -0.15) is 11.8 Å². The van der Waals surface area contributed by atoms with Crippen molar-refractivity contribution in [3.8, 4) is 0 Å². The second-order valence-electron chi connectivity index (χ2n) is 5.26. The number of amides is 1. The molecule has 0 radical (unpaired) electrons. The second-order valence-corrected chi connectivity index (χ2v) is 6.41. The zero-order valence-electron chi connectivity index (χ0n) is 11.0. The van der Waals surface area contributed by atoms with Crippen LogP contribution in [0.5, 0.6) is 0 Å². The predicted octanol–water partition coefficient (Wildman–Crippen LogP) is 1.88. The van der Waals surface area contributed by atoms with Gasteiger partial charge in [-0.1, -0.05) is 30.3 Å². The molecule has 1 aliphatic heterocycles. The molecule has 1 saturated carbocycles. The molecule has 2 aliphatic rings. The Balaban J connectivity index is 1.68. The first-order valence-electron chi connectivity index (χ1n) is 7.00. The molecule has 0 bridgehead atoms. The van der Waals surface area contributed by atoms with E-state index in [0.717, 1.165) is 24.6 Å². The van der Waals surface area contributed by atoms with E-state index < -0.39 is 0 Å². The summed E-state index contributed by atoms with van der Waals surface area (Å²) in [5.41, 5.74) is 1.23. The lowest BCUT2D eigenvalue weighted by atomic mass is 10.2. The first kappa shape index (κ1) is 13.0. The molecular weight excluding hydrogens is 256 g/mol. The number of nitrogens with one attached hydrogen (secondary N) is 1. The minimum absolute atomic E-state index is 0.0167. The molecule has 2 fully saturated rings. The zero-order valence-corrected chi connectivity index (χ0v) is 11.9. The molecule has 102 valence electrons. The highest BCUT2D eigenvalue weighted by atomic mass is 32.2. The maximum Gasteiger partial charge on any atom is 0.241 e. The van der Waals surface area contributed by atoms with Crippen LogP contribution in [0.15, 0.2) is 30.3 Å². The van der Waals surface area contributed by atoms with Gasteiger partial charge in [0, 0.05) is 30.6 Å². The maximum absolute atomic E-state index is 12.6. The van der Waals surface area contributed by atoms with Crippen LogP contribution in [0.2, 0.25) is 0 Å². The fourth-order valence-corrected chi connectivity index (χ4v) is 3.40. The van der Waals surface area contributed by atoms with E-state index >= 15 is 0 Å². The number of carbonyl (C=O) groups is 1. The third-order valence-electron chi connectivity index (χ3n) is 3.69. The molecule has 19 heavy (non-hydrogen) atoms.